The first-order chi connectivity index (χ1) is 18.2. The molecular weight excluding hydrogens is 533 g/mol. The molecule has 1 aliphatic rings. The van der Waals surface area contributed by atoms with Gasteiger partial charge in [0.1, 0.15) is 22.1 Å². The van der Waals surface area contributed by atoms with Crippen molar-refractivity contribution in [2.45, 2.75) is 24.9 Å². The van der Waals surface area contributed by atoms with Gasteiger partial charge in [0.25, 0.3) is 5.56 Å². The fraction of sp³-hybridized carbons (Fsp3) is 0.292. The summed E-state index contributed by atoms with van der Waals surface area (Å²) in [4.78, 5) is 41.2. The summed E-state index contributed by atoms with van der Waals surface area (Å²) < 4.78 is 42.9. The third kappa shape index (κ3) is 5.14. The number of piperazine rings is 1. The largest absolute Gasteiger partial charge is 0.350 e. The third-order valence-corrected chi connectivity index (χ3v) is 9.40. The number of nitrogens with zero attached hydrogens (tertiary/aromatic N) is 6. The average molecular weight is 558 g/mol. The van der Waals surface area contributed by atoms with Crippen molar-refractivity contribution in [2.24, 2.45) is 0 Å². The van der Waals surface area contributed by atoms with Crippen LogP contribution in [0.1, 0.15) is 10.4 Å². The number of benzene rings is 1. The molecule has 1 fully saturated rings. The van der Waals surface area contributed by atoms with Crippen LogP contribution in [0.2, 0.25) is 0 Å². The van der Waals surface area contributed by atoms with Crippen LogP contribution in [0.5, 0.6) is 0 Å². The number of halogens is 1. The third-order valence-electron chi connectivity index (χ3n) is 6.19. The number of amides is 1. The van der Waals surface area contributed by atoms with Gasteiger partial charge in [-0.1, -0.05) is 12.1 Å². The van der Waals surface area contributed by atoms with Crippen molar-refractivity contribution >= 4 is 43.4 Å². The highest BCUT2D eigenvalue weighted by Crippen LogP contribution is 2.33. The first-order valence-electron chi connectivity index (χ1n) is 11.8. The second kappa shape index (κ2) is 10.6. The van der Waals surface area contributed by atoms with E-state index >= 15 is 0 Å². The standard InChI is InChI=1S/C24H24FN7O4S2/c1-16-21(38(35,36)32-11-9-30(10-12-32)24-26-7-2-8-27-24)20-22(37-16)29-15-31(23(20)34)14-19(33)28-13-17-3-5-18(25)6-4-17/h2-8,15H,9-14H2,1H3,(H,28,33). The number of rotatable bonds is 7. The predicted octanol–water partition coefficient (Wildman–Crippen LogP) is 1.52. The van der Waals surface area contributed by atoms with Crippen LogP contribution in [0.3, 0.4) is 0 Å². The van der Waals surface area contributed by atoms with E-state index in [0.717, 1.165) is 15.9 Å². The van der Waals surface area contributed by atoms with Crippen molar-refractivity contribution in [3.8, 4) is 0 Å². The minimum atomic E-state index is -4.01. The molecule has 0 aliphatic carbocycles. The van der Waals surface area contributed by atoms with E-state index in [0.29, 0.717) is 34.3 Å². The van der Waals surface area contributed by atoms with Crippen LogP contribution < -0.4 is 15.8 Å². The maximum atomic E-state index is 13.7. The van der Waals surface area contributed by atoms with E-state index in [1.807, 2.05) is 4.90 Å². The highest BCUT2D eigenvalue weighted by molar-refractivity contribution is 7.89. The number of hydrogen-bond donors (Lipinski definition) is 1. The van der Waals surface area contributed by atoms with E-state index in [4.69, 9.17) is 0 Å². The molecule has 14 heteroatoms. The van der Waals surface area contributed by atoms with E-state index in [-0.39, 0.29) is 42.3 Å². The Morgan fingerprint density at radius 2 is 1.76 bits per heavy atom. The highest BCUT2D eigenvalue weighted by Gasteiger charge is 2.34. The molecule has 0 atom stereocenters. The van der Waals surface area contributed by atoms with Crippen molar-refractivity contribution in [2.75, 3.05) is 31.1 Å². The zero-order valence-corrected chi connectivity index (χ0v) is 22.0. The molecule has 5 rings (SSSR count). The molecule has 1 amide bonds. The number of thiophene rings is 1. The normalized spacial score (nSPS) is 14.6. The molecule has 0 saturated carbocycles. The van der Waals surface area contributed by atoms with Gasteiger partial charge in [-0.3, -0.25) is 14.2 Å². The number of carbonyl (C=O) groups excluding carboxylic acids is 1. The number of aromatic nitrogens is 4. The Labute approximate surface area is 221 Å². The molecule has 0 bridgehead atoms. The van der Waals surface area contributed by atoms with Crippen LogP contribution in [0.15, 0.2) is 58.7 Å². The summed E-state index contributed by atoms with van der Waals surface area (Å²) in [6.45, 7) is 2.68. The molecular formula is C24H24FN7O4S2. The first-order valence-corrected chi connectivity index (χ1v) is 14.0. The summed E-state index contributed by atoms with van der Waals surface area (Å²) in [5.41, 5.74) is 0.0904. The van der Waals surface area contributed by atoms with E-state index in [9.17, 15) is 22.4 Å². The average Bonchev–Trinajstić information content (AvgIpc) is 3.28. The number of fused-ring (bicyclic) bond motifs is 1. The first kappa shape index (κ1) is 25.9. The lowest BCUT2D eigenvalue weighted by atomic mass is 10.2. The Hall–Kier alpha value is -3.75. The molecule has 1 N–H and O–H groups in total. The molecule has 3 aromatic heterocycles. The second-order valence-corrected chi connectivity index (χ2v) is 11.8. The molecule has 0 spiro atoms. The maximum Gasteiger partial charge on any atom is 0.263 e. The number of hydrogen-bond acceptors (Lipinski definition) is 9. The molecule has 198 valence electrons. The van der Waals surface area contributed by atoms with E-state index in [1.54, 1.807) is 37.5 Å². The quantitative estimate of drug-likeness (QED) is 0.362. The van der Waals surface area contributed by atoms with E-state index < -0.39 is 21.5 Å². The van der Waals surface area contributed by atoms with Crippen LogP contribution in [0.25, 0.3) is 10.2 Å². The van der Waals surface area contributed by atoms with Crippen LogP contribution >= 0.6 is 11.3 Å². The predicted molar refractivity (Wildman–Crippen MR) is 140 cm³/mol. The second-order valence-electron chi connectivity index (χ2n) is 8.69. The van der Waals surface area contributed by atoms with Crippen LogP contribution in [-0.4, -0.2) is 64.3 Å². The van der Waals surface area contributed by atoms with Gasteiger partial charge < -0.3 is 10.2 Å². The highest BCUT2D eigenvalue weighted by atomic mass is 32.2. The lowest BCUT2D eigenvalue weighted by molar-refractivity contribution is -0.121. The number of carbonyl (C=O) groups is 1. The summed E-state index contributed by atoms with van der Waals surface area (Å²) in [7, 11) is -4.01. The fourth-order valence-corrected chi connectivity index (χ4v) is 7.35. The van der Waals surface area contributed by atoms with Gasteiger partial charge in [0.15, 0.2) is 0 Å². The Bertz CT molecular complexity index is 1630. The molecule has 11 nitrogen and oxygen atoms in total. The number of aryl methyl sites for hydroxylation is 1. The van der Waals surface area contributed by atoms with E-state index in [2.05, 4.69) is 20.3 Å². The smallest absolute Gasteiger partial charge is 0.263 e. The monoisotopic (exact) mass is 557 g/mol. The maximum absolute atomic E-state index is 13.7. The summed E-state index contributed by atoms with van der Waals surface area (Å²) in [6, 6.07) is 7.39. The Kier molecular flexibility index (Phi) is 7.19. The number of anilines is 1. The topological polar surface area (TPSA) is 130 Å². The van der Waals surface area contributed by atoms with Gasteiger partial charge in [-0.15, -0.1) is 11.3 Å². The van der Waals surface area contributed by atoms with Crippen molar-refractivity contribution < 1.29 is 17.6 Å². The van der Waals surface area contributed by atoms with Gasteiger partial charge in [0, 0.05) is 50.0 Å². The summed E-state index contributed by atoms with van der Waals surface area (Å²) in [6.07, 6.45) is 4.51. The van der Waals surface area contributed by atoms with Gasteiger partial charge in [0.2, 0.25) is 21.9 Å². The van der Waals surface area contributed by atoms with Crippen LogP contribution in [-0.2, 0) is 27.9 Å². The van der Waals surface area contributed by atoms with Crippen molar-refractivity contribution in [1.82, 2.24) is 29.1 Å². The zero-order chi connectivity index (χ0) is 26.9. The van der Waals surface area contributed by atoms with Crippen molar-refractivity contribution in [3.63, 3.8) is 0 Å². The minimum Gasteiger partial charge on any atom is -0.350 e. The van der Waals surface area contributed by atoms with Crippen molar-refractivity contribution in [1.29, 1.82) is 0 Å². The van der Waals surface area contributed by atoms with Gasteiger partial charge in [-0.25, -0.2) is 27.8 Å². The Morgan fingerprint density at radius 1 is 1.08 bits per heavy atom. The summed E-state index contributed by atoms with van der Waals surface area (Å²) in [5, 5.41) is 2.66. The summed E-state index contributed by atoms with van der Waals surface area (Å²) in [5.74, 6) is -0.311. The van der Waals surface area contributed by atoms with Crippen molar-refractivity contribution in [3.05, 3.63) is 75.7 Å². The Morgan fingerprint density at radius 3 is 2.45 bits per heavy atom. The van der Waals surface area contributed by atoms with Gasteiger partial charge >= 0.3 is 0 Å². The number of nitrogens with one attached hydrogen (secondary N) is 1. The summed E-state index contributed by atoms with van der Waals surface area (Å²) >= 11 is 1.13. The minimum absolute atomic E-state index is 0.0184. The molecule has 4 aromatic rings. The van der Waals surface area contributed by atoms with Crippen LogP contribution in [0, 0.1) is 12.7 Å². The SMILES string of the molecule is Cc1sc2ncn(CC(=O)NCc3ccc(F)cc3)c(=O)c2c1S(=O)(=O)N1CCN(c2ncccn2)CC1. The molecule has 0 radical (unpaired) electrons. The fourth-order valence-electron chi connectivity index (χ4n) is 4.26. The van der Waals surface area contributed by atoms with Gasteiger partial charge in [0.05, 0.1) is 11.7 Å². The Balaban J connectivity index is 1.36. The van der Waals surface area contributed by atoms with Gasteiger partial charge in [-0.05, 0) is 30.7 Å². The van der Waals surface area contributed by atoms with Gasteiger partial charge in [-0.2, -0.15) is 4.31 Å². The molecule has 0 unspecified atom stereocenters. The molecule has 1 saturated heterocycles. The molecule has 1 aromatic carbocycles. The van der Waals surface area contributed by atoms with E-state index in [1.165, 1.54) is 22.8 Å². The lowest BCUT2D eigenvalue weighted by Crippen LogP contribution is -2.49. The molecule has 1 aliphatic heterocycles. The lowest BCUT2D eigenvalue weighted by Gasteiger charge is -2.33. The molecule has 4 heterocycles. The number of sulfonamides is 1. The zero-order valence-electron chi connectivity index (χ0n) is 20.4. The van der Waals surface area contributed by atoms with Crippen LogP contribution in [0.4, 0.5) is 10.3 Å². The molecule has 38 heavy (non-hydrogen) atoms.